The fraction of sp³-hybridized carbons (Fsp3) is 0.250. The number of hydrogen-bond acceptors (Lipinski definition) is 5. The Balaban J connectivity index is 2.28. The molecule has 0 aliphatic heterocycles. The van der Waals surface area contributed by atoms with Gasteiger partial charge in [-0.2, -0.15) is 4.37 Å². The minimum absolute atomic E-state index is 0.605. The van der Waals surface area contributed by atoms with E-state index in [1.54, 1.807) is 6.20 Å². The average Bonchev–Trinajstić information content (AvgIpc) is 2.72. The van der Waals surface area contributed by atoms with Crippen LogP contribution in [0, 0.1) is 6.92 Å². The van der Waals surface area contributed by atoms with E-state index in [9.17, 15) is 5.11 Å². The van der Waals surface area contributed by atoms with Crippen molar-refractivity contribution in [3.8, 4) is 0 Å². The molecule has 0 aromatic carbocycles. The highest BCUT2D eigenvalue weighted by Gasteiger charge is 2.14. The third-order valence-corrected chi connectivity index (χ3v) is 3.36. The molecule has 0 saturated heterocycles. The second-order valence-electron chi connectivity index (χ2n) is 2.64. The Bertz CT molecular complexity index is 383. The fourth-order valence-corrected chi connectivity index (χ4v) is 2.45. The molecule has 1 atom stereocenters. The van der Waals surface area contributed by atoms with E-state index in [0.29, 0.717) is 0 Å². The fourth-order valence-electron chi connectivity index (χ4n) is 1.00. The van der Waals surface area contributed by atoms with Gasteiger partial charge in [0, 0.05) is 11.6 Å². The lowest BCUT2D eigenvalue weighted by molar-refractivity contribution is 0.223. The van der Waals surface area contributed by atoms with E-state index in [0.717, 1.165) is 15.6 Å². The quantitative estimate of drug-likeness (QED) is 0.828. The smallest absolute Gasteiger partial charge is 0.141 e. The number of aliphatic hydroxyl groups excluding tert-OH is 1. The first-order chi connectivity index (χ1) is 6.27. The molecule has 0 saturated carbocycles. The van der Waals surface area contributed by atoms with Gasteiger partial charge in [0.2, 0.25) is 0 Å². The summed E-state index contributed by atoms with van der Waals surface area (Å²) in [4.78, 5) is 4.90. The van der Waals surface area contributed by atoms with Crippen molar-refractivity contribution in [2.24, 2.45) is 0 Å². The molecule has 2 rings (SSSR count). The Labute approximate surface area is 83.9 Å². The van der Waals surface area contributed by atoms with Crippen LogP contribution in [0.15, 0.2) is 17.6 Å². The molecule has 2 aromatic rings. The molecule has 0 fully saturated rings. The predicted octanol–water partition coefficient (Wildman–Crippen LogP) is 1.99. The lowest BCUT2D eigenvalue weighted by Gasteiger charge is -2.01. The van der Waals surface area contributed by atoms with Crippen LogP contribution in [0.4, 0.5) is 0 Å². The molecule has 13 heavy (non-hydrogen) atoms. The molecule has 1 unspecified atom stereocenters. The van der Waals surface area contributed by atoms with Gasteiger partial charge in [-0.3, -0.25) is 0 Å². The Morgan fingerprint density at radius 1 is 1.54 bits per heavy atom. The summed E-state index contributed by atoms with van der Waals surface area (Å²) >= 11 is 2.78. The van der Waals surface area contributed by atoms with E-state index in [1.165, 1.54) is 22.9 Å². The number of hydrogen-bond donors (Lipinski definition) is 1. The van der Waals surface area contributed by atoms with Crippen LogP contribution in [0.5, 0.6) is 0 Å². The summed E-state index contributed by atoms with van der Waals surface area (Å²) in [6.45, 7) is 1.91. The molecule has 0 spiro atoms. The maximum Gasteiger partial charge on any atom is 0.141 e. The summed E-state index contributed by atoms with van der Waals surface area (Å²) in [5, 5.41) is 12.4. The van der Waals surface area contributed by atoms with Crippen molar-refractivity contribution < 1.29 is 5.11 Å². The molecule has 0 aliphatic carbocycles. The molecular formula is C8H8N2OS2. The van der Waals surface area contributed by atoms with Gasteiger partial charge in [0.05, 0.1) is 10.6 Å². The zero-order valence-corrected chi connectivity index (χ0v) is 8.60. The zero-order chi connectivity index (χ0) is 9.26. The average molecular weight is 212 g/mol. The summed E-state index contributed by atoms with van der Waals surface area (Å²) in [5.74, 6) is 0. The molecule has 2 heterocycles. The zero-order valence-electron chi connectivity index (χ0n) is 6.97. The largest absolute Gasteiger partial charge is 0.380 e. The molecular weight excluding hydrogens is 204 g/mol. The number of nitrogens with zero attached hydrogens (tertiary/aromatic N) is 2. The van der Waals surface area contributed by atoms with Crippen molar-refractivity contribution >= 4 is 22.9 Å². The summed E-state index contributed by atoms with van der Waals surface area (Å²) in [5.41, 5.74) is 0.940. The minimum atomic E-state index is -0.605. The molecule has 0 bridgehead atoms. The van der Waals surface area contributed by atoms with Crippen LogP contribution in [0.2, 0.25) is 0 Å². The second-order valence-corrected chi connectivity index (χ2v) is 4.41. The molecule has 5 heteroatoms. The van der Waals surface area contributed by atoms with Crippen molar-refractivity contribution in [3.63, 3.8) is 0 Å². The van der Waals surface area contributed by atoms with E-state index in [2.05, 4.69) is 9.36 Å². The van der Waals surface area contributed by atoms with Gasteiger partial charge < -0.3 is 5.11 Å². The minimum Gasteiger partial charge on any atom is -0.380 e. The van der Waals surface area contributed by atoms with E-state index in [4.69, 9.17) is 0 Å². The molecule has 1 N–H and O–H groups in total. The van der Waals surface area contributed by atoms with E-state index >= 15 is 0 Å². The summed E-state index contributed by atoms with van der Waals surface area (Å²) in [6.07, 6.45) is 1.09. The van der Waals surface area contributed by atoms with Crippen LogP contribution in [0.25, 0.3) is 0 Å². The first-order valence-corrected chi connectivity index (χ1v) is 5.43. The first kappa shape index (κ1) is 8.80. The van der Waals surface area contributed by atoms with E-state index in [1.807, 2.05) is 18.4 Å². The highest BCUT2D eigenvalue weighted by Crippen LogP contribution is 2.26. The third kappa shape index (κ3) is 1.77. The van der Waals surface area contributed by atoms with Gasteiger partial charge in [-0.25, -0.2) is 4.98 Å². The van der Waals surface area contributed by atoms with Crippen LogP contribution in [-0.4, -0.2) is 14.5 Å². The monoisotopic (exact) mass is 212 g/mol. The van der Waals surface area contributed by atoms with Gasteiger partial charge in [-0.05, 0) is 24.5 Å². The highest BCUT2D eigenvalue weighted by molar-refractivity contribution is 7.10. The van der Waals surface area contributed by atoms with Gasteiger partial charge in [0.1, 0.15) is 11.1 Å². The van der Waals surface area contributed by atoms with Crippen LogP contribution in [-0.2, 0) is 0 Å². The Hall–Kier alpha value is -0.780. The van der Waals surface area contributed by atoms with Gasteiger partial charge in [0.15, 0.2) is 0 Å². The van der Waals surface area contributed by atoms with E-state index < -0.39 is 6.10 Å². The molecule has 0 aliphatic rings. The van der Waals surface area contributed by atoms with Gasteiger partial charge in [-0.15, -0.1) is 11.3 Å². The maximum absolute atomic E-state index is 9.81. The van der Waals surface area contributed by atoms with Gasteiger partial charge in [0.25, 0.3) is 0 Å². The van der Waals surface area contributed by atoms with Gasteiger partial charge in [-0.1, -0.05) is 0 Å². The van der Waals surface area contributed by atoms with Crippen LogP contribution < -0.4 is 0 Å². The maximum atomic E-state index is 9.81. The lowest BCUT2D eigenvalue weighted by atomic mass is 10.3. The third-order valence-electron chi connectivity index (χ3n) is 1.60. The number of aliphatic hydroxyl groups is 1. The standard InChI is InChI=1S/C8H8N2OS2/c1-5-4-6(13-10-5)7(11)8-9-2-3-12-8/h2-4,7,11H,1H3. The SMILES string of the molecule is Cc1cc(C(O)c2nccs2)sn1. The summed E-state index contributed by atoms with van der Waals surface area (Å²) < 4.78 is 4.11. The summed E-state index contributed by atoms with van der Waals surface area (Å²) in [6, 6.07) is 1.89. The Kier molecular flexibility index (Phi) is 2.39. The normalized spacial score (nSPS) is 13.1. The van der Waals surface area contributed by atoms with Crippen molar-refractivity contribution in [2.45, 2.75) is 13.0 Å². The first-order valence-electron chi connectivity index (χ1n) is 3.78. The highest BCUT2D eigenvalue weighted by atomic mass is 32.1. The van der Waals surface area contributed by atoms with E-state index in [-0.39, 0.29) is 0 Å². The number of aryl methyl sites for hydroxylation is 1. The number of thiazole rings is 1. The topological polar surface area (TPSA) is 46.0 Å². The predicted molar refractivity (Wildman–Crippen MR) is 53.0 cm³/mol. The lowest BCUT2D eigenvalue weighted by Crippen LogP contribution is -1.95. The van der Waals surface area contributed by atoms with Crippen molar-refractivity contribution in [3.05, 3.63) is 33.2 Å². The Morgan fingerprint density at radius 2 is 2.38 bits per heavy atom. The molecule has 0 radical (unpaired) electrons. The molecule has 3 nitrogen and oxygen atoms in total. The number of rotatable bonds is 2. The van der Waals surface area contributed by atoms with Crippen molar-refractivity contribution in [1.82, 2.24) is 9.36 Å². The molecule has 0 amide bonds. The second kappa shape index (κ2) is 3.53. The molecule has 2 aromatic heterocycles. The van der Waals surface area contributed by atoms with Crippen LogP contribution >= 0.6 is 22.9 Å². The van der Waals surface area contributed by atoms with Crippen molar-refractivity contribution in [1.29, 1.82) is 0 Å². The summed E-state index contributed by atoms with van der Waals surface area (Å²) in [7, 11) is 0. The van der Waals surface area contributed by atoms with Crippen LogP contribution in [0.3, 0.4) is 0 Å². The number of aromatic nitrogens is 2. The van der Waals surface area contributed by atoms with Crippen LogP contribution in [0.1, 0.15) is 21.7 Å². The Morgan fingerprint density at radius 3 is 2.92 bits per heavy atom. The van der Waals surface area contributed by atoms with Crippen molar-refractivity contribution in [2.75, 3.05) is 0 Å². The van der Waals surface area contributed by atoms with Gasteiger partial charge >= 0.3 is 0 Å². The molecule has 68 valence electrons.